The van der Waals surface area contributed by atoms with Crippen LogP contribution in [-0.4, -0.2) is 58.3 Å². The number of rotatable bonds is 3. The number of carboxylic acid groups (broad SMARTS) is 1. The van der Waals surface area contributed by atoms with Gasteiger partial charge in [0.25, 0.3) is 10.0 Å². The SMILES string of the molecule is O=C(O)c1cn[nH]c1S(=O)(=O)N1CCC(O)C1. The van der Waals surface area contributed by atoms with E-state index < -0.39 is 32.7 Å². The molecule has 9 heteroatoms. The van der Waals surface area contributed by atoms with Gasteiger partial charge in [-0.15, -0.1) is 0 Å². The highest BCUT2D eigenvalue weighted by atomic mass is 32.2. The Hall–Kier alpha value is -1.45. The summed E-state index contributed by atoms with van der Waals surface area (Å²) in [5.74, 6) is -1.36. The van der Waals surface area contributed by atoms with Crippen molar-refractivity contribution < 1.29 is 23.4 Å². The predicted octanol–water partition coefficient (Wildman–Crippen LogP) is -1.14. The average molecular weight is 261 g/mol. The Bertz CT molecular complexity index is 537. The highest BCUT2D eigenvalue weighted by molar-refractivity contribution is 7.89. The molecule has 8 nitrogen and oxygen atoms in total. The molecular weight excluding hydrogens is 250 g/mol. The highest BCUT2D eigenvalue weighted by Gasteiger charge is 2.35. The van der Waals surface area contributed by atoms with Crippen molar-refractivity contribution in [1.29, 1.82) is 0 Å². The average Bonchev–Trinajstić information content (AvgIpc) is 2.84. The minimum Gasteiger partial charge on any atom is -0.478 e. The van der Waals surface area contributed by atoms with Gasteiger partial charge in [-0.1, -0.05) is 0 Å². The summed E-state index contributed by atoms with van der Waals surface area (Å²) in [5, 5.41) is 23.3. The molecule has 1 fully saturated rings. The zero-order valence-electron chi connectivity index (χ0n) is 8.70. The van der Waals surface area contributed by atoms with Crippen LogP contribution in [0.2, 0.25) is 0 Å². The van der Waals surface area contributed by atoms with Gasteiger partial charge in [-0.3, -0.25) is 5.10 Å². The van der Waals surface area contributed by atoms with E-state index >= 15 is 0 Å². The molecular formula is C8H11N3O5S. The van der Waals surface area contributed by atoms with E-state index in [1.54, 1.807) is 0 Å². The third kappa shape index (κ3) is 2.04. The molecule has 94 valence electrons. The smallest absolute Gasteiger partial charge is 0.340 e. The maximum absolute atomic E-state index is 12.0. The molecule has 17 heavy (non-hydrogen) atoms. The van der Waals surface area contributed by atoms with Crippen LogP contribution in [0.25, 0.3) is 0 Å². The quantitative estimate of drug-likeness (QED) is 0.632. The summed E-state index contributed by atoms with van der Waals surface area (Å²) in [6, 6.07) is 0. The van der Waals surface area contributed by atoms with Crippen LogP contribution in [0.5, 0.6) is 0 Å². The van der Waals surface area contributed by atoms with Gasteiger partial charge in [-0.25, -0.2) is 13.2 Å². The van der Waals surface area contributed by atoms with Crippen LogP contribution in [0.3, 0.4) is 0 Å². The number of hydrogen-bond donors (Lipinski definition) is 3. The molecule has 0 spiro atoms. The van der Waals surface area contributed by atoms with Crippen LogP contribution in [0, 0.1) is 0 Å². The van der Waals surface area contributed by atoms with Crippen LogP contribution >= 0.6 is 0 Å². The number of aromatic amines is 1. The molecule has 0 radical (unpaired) electrons. The number of aliphatic hydroxyl groups excluding tert-OH is 1. The van der Waals surface area contributed by atoms with E-state index in [0.717, 1.165) is 10.5 Å². The molecule has 1 aliphatic rings. The Labute approximate surface area is 96.9 Å². The lowest BCUT2D eigenvalue weighted by atomic mass is 10.3. The Morgan fingerprint density at radius 1 is 1.59 bits per heavy atom. The van der Waals surface area contributed by atoms with Crippen molar-refractivity contribution >= 4 is 16.0 Å². The van der Waals surface area contributed by atoms with Crippen molar-refractivity contribution in [2.24, 2.45) is 0 Å². The second-order valence-corrected chi connectivity index (χ2v) is 5.60. The minimum absolute atomic E-state index is 0.0274. The molecule has 2 heterocycles. The Morgan fingerprint density at radius 2 is 2.29 bits per heavy atom. The largest absolute Gasteiger partial charge is 0.478 e. The van der Waals surface area contributed by atoms with Gasteiger partial charge in [0.15, 0.2) is 5.03 Å². The van der Waals surface area contributed by atoms with E-state index in [1.807, 2.05) is 0 Å². The number of nitrogens with one attached hydrogen (secondary N) is 1. The van der Waals surface area contributed by atoms with Crippen molar-refractivity contribution in [2.75, 3.05) is 13.1 Å². The maximum atomic E-state index is 12.0. The Kier molecular flexibility index (Phi) is 2.89. The number of carbonyl (C=O) groups is 1. The number of hydrogen-bond acceptors (Lipinski definition) is 5. The van der Waals surface area contributed by atoms with Crippen molar-refractivity contribution in [2.45, 2.75) is 17.6 Å². The minimum atomic E-state index is -3.93. The first-order valence-electron chi connectivity index (χ1n) is 4.88. The van der Waals surface area contributed by atoms with Gasteiger partial charge in [0.05, 0.1) is 12.3 Å². The molecule has 1 atom stereocenters. The number of H-pyrrole nitrogens is 1. The van der Waals surface area contributed by atoms with Crippen LogP contribution < -0.4 is 0 Å². The maximum Gasteiger partial charge on any atom is 0.340 e. The van der Waals surface area contributed by atoms with Gasteiger partial charge in [0, 0.05) is 13.1 Å². The number of β-amino-alcohol motifs (C(OH)–C–C–N with tert-alkyl or cyclic N) is 1. The summed E-state index contributed by atoms with van der Waals surface area (Å²) in [5.41, 5.74) is -0.397. The number of aliphatic hydroxyl groups is 1. The molecule has 1 aromatic heterocycles. The first-order valence-corrected chi connectivity index (χ1v) is 6.32. The van der Waals surface area contributed by atoms with Crippen LogP contribution in [0.4, 0.5) is 0 Å². The summed E-state index contributed by atoms with van der Waals surface area (Å²) < 4.78 is 25.1. The van der Waals surface area contributed by atoms with Gasteiger partial charge in [-0.05, 0) is 6.42 Å². The van der Waals surface area contributed by atoms with E-state index in [9.17, 15) is 18.3 Å². The van der Waals surface area contributed by atoms with Gasteiger partial charge in [0.2, 0.25) is 0 Å². The number of nitrogens with zero attached hydrogens (tertiary/aromatic N) is 2. The van der Waals surface area contributed by atoms with Gasteiger partial charge in [-0.2, -0.15) is 9.40 Å². The molecule has 0 amide bonds. The van der Waals surface area contributed by atoms with Crippen molar-refractivity contribution in [1.82, 2.24) is 14.5 Å². The second kappa shape index (κ2) is 4.09. The fraction of sp³-hybridized carbons (Fsp3) is 0.500. The van der Waals surface area contributed by atoms with E-state index in [0.29, 0.717) is 6.42 Å². The van der Waals surface area contributed by atoms with Crippen LogP contribution in [-0.2, 0) is 10.0 Å². The first-order chi connectivity index (χ1) is 7.93. The molecule has 0 aliphatic carbocycles. The van der Waals surface area contributed by atoms with Crippen LogP contribution in [0.15, 0.2) is 11.2 Å². The van der Waals surface area contributed by atoms with Gasteiger partial charge >= 0.3 is 5.97 Å². The lowest BCUT2D eigenvalue weighted by Crippen LogP contribution is -2.31. The number of aromatic nitrogens is 2. The fourth-order valence-electron chi connectivity index (χ4n) is 1.68. The molecule has 0 bridgehead atoms. The summed E-state index contributed by atoms with van der Waals surface area (Å²) in [6.07, 6.45) is 0.582. The lowest BCUT2D eigenvalue weighted by Gasteiger charge is -2.14. The zero-order valence-corrected chi connectivity index (χ0v) is 9.51. The van der Waals surface area contributed by atoms with E-state index in [2.05, 4.69) is 10.2 Å². The zero-order chi connectivity index (χ0) is 12.6. The molecule has 0 saturated carbocycles. The molecule has 2 rings (SSSR count). The number of sulfonamides is 1. The Balaban J connectivity index is 2.38. The van der Waals surface area contributed by atoms with Crippen molar-refractivity contribution in [3.05, 3.63) is 11.8 Å². The molecule has 0 aromatic carbocycles. The summed E-state index contributed by atoms with van der Waals surface area (Å²) >= 11 is 0. The monoisotopic (exact) mass is 261 g/mol. The molecule has 1 saturated heterocycles. The third-order valence-electron chi connectivity index (χ3n) is 2.56. The van der Waals surface area contributed by atoms with Crippen LogP contribution in [0.1, 0.15) is 16.8 Å². The first kappa shape index (κ1) is 12.0. The lowest BCUT2D eigenvalue weighted by molar-refractivity contribution is 0.0692. The van der Waals surface area contributed by atoms with E-state index in [4.69, 9.17) is 5.11 Å². The molecule has 1 unspecified atom stereocenters. The predicted molar refractivity (Wildman–Crippen MR) is 54.9 cm³/mol. The summed E-state index contributed by atoms with van der Waals surface area (Å²) in [7, 11) is -3.93. The topological polar surface area (TPSA) is 124 Å². The summed E-state index contributed by atoms with van der Waals surface area (Å²) in [6.45, 7) is 0.141. The molecule has 3 N–H and O–H groups in total. The van der Waals surface area contributed by atoms with E-state index in [-0.39, 0.29) is 13.1 Å². The van der Waals surface area contributed by atoms with Gasteiger partial charge in [0.1, 0.15) is 5.56 Å². The third-order valence-corrected chi connectivity index (χ3v) is 4.40. The van der Waals surface area contributed by atoms with Gasteiger partial charge < -0.3 is 10.2 Å². The van der Waals surface area contributed by atoms with Crippen molar-refractivity contribution in [3.63, 3.8) is 0 Å². The standard InChI is InChI=1S/C8H11N3O5S/c12-5-1-2-11(4-5)17(15,16)7-6(8(13)14)3-9-10-7/h3,5,12H,1-2,4H2,(H,9,10)(H,13,14). The van der Waals surface area contributed by atoms with E-state index in [1.165, 1.54) is 0 Å². The molecule has 1 aliphatic heterocycles. The molecule has 1 aromatic rings. The fourth-order valence-corrected chi connectivity index (χ4v) is 3.24. The summed E-state index contributed by atoms with van der Waals surface area (Å²) in [4.78, 5) is 10.8. The number of carboxylic acids is 1. The highest BCUT2D eigenvalue weighted by Crippen LogP contribution is 2.21. The second-order valence-electron chi connectivity index (χ2n) is 3.72. The van der Waals surface area contributed by atoms with Crippen molar-refractivity contribution in [3.8, 4) is 0 Å². The normalized spacial score (nSPS) is 21.8. The Morgan fingerprint density at radius 3 is 2.82 bits per heavy atom. The number of aromatic carboxylic acids is 1.